The molecule has 1 saturated heterocycles. The van der Waals surface area contributed by atoms with Crippen LogP contribution in [0, 0.1) is 0 Å². The molecule has 0 aliphatic carbocycles. The lowest BCUT2D eigenvalue weighted by Crippen LogP contribution is -2.37. The first-order valence-corrected chi connectivity index (χ1v) is 8.64. The standard InChI is InChI=1S/C19H23N3O3/c1-2-25-16-8-6-15(7-9-16)18(23)21-11-4-12-22(14-13-21)19(24)17-5-3-10-20-17/h3,5-10,20H,2,4,11-14H2,1H3. The Morgan fingerprint density at radius 1 is 1.00 bits per heavy atom. The van der Waals surface area contributed by atoms with Crippen molar-refractivity contribution in [2.45, 2.75) is 13.3 Å². The molecule has 1 aliphatic rings. The third kappa shape index (κ3) is 4.02. The lowest BCUT2D eigenvalue weighted by atomic mass is 10.2. The van der Waals surface area contributed by atoms with E-state index in [-0.39, 0.29) is 11.8 Å². The molecule has 0 spiro atoms. The lowest BCUT2D eigenvalue weighted by Gasteiger charge is -2.22. The molecule has 0 bridgehead atoms. The van der Waals surface area contributed by atoms with Crippen molar-refractivity contribution in [1.82, 2.24) is 14.8 Å². The molecule has 1 fully saturated rings. The van der Waals surface area contributed by atoms with E-state index in [1.54, 1.807) is 29.3 Å². The van der Waals surface area contributed by atoms with E-state index in [2.05, 4.69) is 4.98 Å². The smallest absolute Gasteiger partial charge is 0.270 e. The maximum atomic E-state index is 12.7. The Kier molecular flexibility index (Phi) is 5.38. The zero-order chi connectivity index (χ0) is 17.6. The SMILES string of the molecule is CCOc1ccc(C(=O)N2CCCN(C(=O)c3ccc[nH]3)CC2)cc1. The molecule has 6 heteroatoms. The Labute approximate surface area is 147 Å². The van der Waals surface area contributed by atoms with Gasteiger partial charge in [0.25, 0.3) is 11.8 Å². The van der Waals surface area contributed by atoms with Gasteiger partial charge < -0.3 is 19.5 Å². The highest BCUT2D eigenvalue weighted by Crippen LogP contribution is 2.15. The summed E-state index contributed by atoms with van der Waals surface area (Å²) in [7, 11) is 0. The molecule has 2 amide bonds. The van der Waals surface area contributed by atoms with Gasteiger partial charge in [0.1, 0.15) is 11.4 Å². The van der Waals surface area contributed by atoms with Crippen LogP contribution in [-0.4, -0.2) is 59.4 Å². The number of amides is 2. The quantitative estimate of drug-likeness (QED) is 0.929. The number of hydrogen-bond acceptors (Lipinski definition) is 3. The third-order valence-electron chi connectivity index (χ3n) is 4.31. The Hall–Kier alpha value is -2.76. The van der Waals surface area contributed by atoms with Crippen molar-refractivity contribution >= 4 is 11.8 Å². The van der Waals surface area contributed by atoms with Gasteiger partial charge in [0.05, 0.1) is 6.61 Å². The Balaban J connectivity index is 1.62. The summed E-state index contributed by atoms with van der Waals surface area (Å²) < 4.78 is 5.41. The second-order valence-corrected chi connectivity index (χ2v) is 5.98. The van der Waals surface area contributed by atoms with Crippen molar-refractivity contribution in [2.75, 3.05) is 32.8 Å². The van der Waals surface area contributed by atoms with E-state index < -0.39 is 0 Å². The van der Waals surface area contributed by atoms with Gasteiger partial charge in [-0.15, -0.1) is 0 Å². The van der Waals surface area contributed by atoms with Crippen LogP contribution in [0.5, 0.6) is 5.75 Å². The molecular weight excluding hydrogens is 318 g/mol. The molecule has 1 aromatic carbocycles. The molecule has 0 unspecified atom stereocenters. The fourth-order valence-corrected chi connectivity index (χ4v) is 3.00. The van der Waals surface area contributed by atoms with E-state index >= 15 is 0 Å². The van der Waals surface area contributed by atoms with Gasteiger partial charge in [0.15, 0.2) is 0 Å². The van der Waals surface area contributed by atoms with Crippen LogP contribution in [0.4, 0.5) is 0 Å². The second-order valence-electron chi connectivity index (χ2n) is 5.98. The first-order chi connectivity index (χ1) is 12.2. The van der Waals surface area contributed by atoms with Crippen LogP contribution in [0.25, 0.3) is 0 Å². The number of ether oxygens (including phenoxy) is 1. The van der Waals surface area contributed by atoms with Crippen LogP contribution in [0.2, 0.25) is 0 Å². The molecular formula is C19H23N3O3. The van der Waals surface area contributed by atoms with E-state index in [9.17, 15) is 9.59 Å². The van der Waals surface area contributed by atoms with Gasteiger partial charge >= 0.3 is 0 Å². The van der Waals surface area contributed by atoms with Crippen molar-refractivity contribution in [2.24, 2.45) is 0 Å². The van der Waals surface area contributed by atoms with Crippen molar-refractivity contribution in [3.63, 3.8) is 0 Å². The summed E-state index contributed by atoms with van der Waals surface area (Å²) >= 11 is 0. The predicted octanol–water partition coefficient (Wildman–Crippen LogP) is 2.40. The summed E-state index contributed by atoms with van der Waals surface area (Å²) in [4.78, 5) is 31.7. The van der Waals surface area contributed by atoms with Crippen LogP contribution in [0.3, 0.4) is 0 Å². The maximum absolute atomic E-state index is 12.7. The topological polar surface area (TPSA) is 65.6 Å². The molecule has 0 radical (unpaired) electrons. The predicted molar refractivity (Wildman–Crippen MR) is 94.8 cm³/mol. The first kappa shape index (κ1) is 17.1. The highest BCUT2D eigenvalue weighted by Gasteiger charge is 2.23. The van der Waals surface area contributed by atoms with Crippen LogP contribution in [0.15, 0.2) is 42.6 Å². The van der Waals surface area contributed by atoms with Gasteiger partial charge in [-0.3, -0.25) is 9.59 Å². The molecule has 6 nitrogen and oxygen atoms in total. The number of H-pyrrole nitrogens is 1. The van der Waals surface area contributed by atoms with Crippen LogP contribution < -0.4 is 4.74 Å². The molecule has 3 rings (SSSR count). The normalized spacial score (nSPS) is 14.9. The van der Waals surface area contributed by atoms with E-state index in [1.807, 2.05) is 30.0 Å². The Morgan fingerprint density at radius 2 is 1.68 bits per heavy atom. The van der Waals surface area contributed by atoms with Crippen LogP contribution >= 0.6 is 0 Å². The minimum Gasteiger partial charge on any atom is -0.494 e. The molecule has 0 atom stereocenters. The summed E-state index contributed by atoms with van der Waals surface area (Å²) in [6.07, 6.45) is 2.52. The van der Waals surface area contributed by atoms with Gasteiger partial charge in [-0.05, 0) is 49.7 Å². The fourth-order valence-electron chi connectivity index (χ4n) is 3.00. The Bertz CT molecular complexity index is 710. The summed E-state index contributed by atoms with van der Waals surface area (Å²) in [5.74, 6) is 0.746. The molecule has 1 aliphatic heterocycles. The average Bonchev–Trinajstić information content (AvgIpc) is 3.06. The van der Waals surface area contributed by atoms with Gasteiger partial charge in [-0.2, -0.15) is 0 Å². The monoisotopic (exact) mass is 341 g/mol. The minimum atomic E-state index is -0.0135. The molecule has 1 aromatic heterocycles. The summed E-state index contributed by atoms with van der Waals surface area (Å²) in [5.41, 5.74) is 1.24. The number of aromatic nitrogens is 1. The van der Waals surface area contributed by atoms with Crippen molar-refractivity contribution in [3.8, 4) is 5.75 Å². The highest BCUT2D eigenvalue weighted by molar-refractivity contribution is 5.95. The van der Waals surface area contributed by atoms with Crippen LogP contribution in [0.1, 0.15) is 34.2 Å². The molecule has 2 aromatic rings. The molecule has 0 saturated carbocycles. The van der Waals surface area contributed by atoms with E-state index in [1.165, 1.54) is 0 Å². The number of hydrogen-bond donors (Lipinski definition) is 1. The van der Waals surface area contributed by atoms with Crippen molar-refractivity contribution in [1.29, 1.82) is 0 Å². The van der Waals surface area contributed by atoms with Gasteiger partial charge in [-0.1, -0.05) is 0 Å². The Morgan fingerprint density at radius 3 is 2.28 bits per heavy atom. The van der Waals surface area contributed by atoms with Gasteiger partial charge in [0, 0.05) is 37.9 Å². The fraction of sp³-hybridized carbons (Fsp3) is 0.368. The number of nitrogens with one attached hydrogen (secondary N) is 1. The van der Waals surface area contributed by atoms with E-state index in [4.69, 9.17) is 4.74 Å². The zero-order valence-electron chi connectivity index (χ0n) is 14.4. The lowest BCUT2D eigenvalue weighted by molar-refractivity contribution is 0.0716. The molecule has 2 heterocycles. The highest BCUT2D eigenvalue weighted by atomic mass is 16.5. The third-order valence-corrected chi connectivity index (χ3v) is 4.31. The largest absolute Gasteiger partial charge is 0.494 e. The van der Waals surface area contributed by atoms with Gasteiger partial charge in [-0.25, -0.2) is 0 Å². The first-order valence-electron chi connectivity index (χ1n) is 8.64. The number of aromatic amines is 1. The number of carbonyl (C=O) groups excluding carboxylic acids is 2. The van der Waals surface area contributed by atoms with E-state index in [0.717, 1.165) is 12.2 Å². The van der Waals surface area contributed by atoms with E-state index in [0.29, 0.717) is 44.0 Å². The summed E-state index contributed by atoms with van der Waals surface area (Å²) in [5, 5.41) is 0. The maximum Gasteiger partial charge on any atom is 0.270 e. The molecule has 25 heavy (non-hydrogen) atoms. The van der Waals surface area contributed by atoms with Crippen molar-refractivity contribution < 1.29 is 14.3 Å². The summed E-state index contributed by atoms with van der Waals surface area (Å²) in [6.45, 7) is 4.92. The number of carbonyl (C=O) groups is 2. The van der Waals surface area contributed by atoms with Crippen molar-refractivity contribution in [3.05, 3.63) is 53.9 Å². The minimum absolute atomic E-state index is 0.00257. The average molecular weight is 341 g/mol. The molecule has 132 valence electrons. The molecule has 1 N–H and O–H groups in total. The summed E-state index contributed by atoms with van der Waals surface area (Å²) in [6, 6.07) is 10.8. The van der Waals surface area contributed by atoms with Crippen LogP contribution in [-0.2, 0) is 0 Å². The number of nitrogens with zero attached hydrogens (tertiary/aromatic N) is 2. The van der Waals surface area contributed by atoms with Gasteiger partial charge in [0.2, 0.25) is 0 Å². The number of benzene rings is 1. The zero-order valence-corrected chi connectivity index (χ0v) is 14.4. The number of rotatable bonds is 4. The second kappa shape index (κ2) is 7.88.